The molecule has 1 aliphatic heterocycles. The SMILES string of the molecule is CCNCC1CCN(S(=O)(=O)c2cc(F)c(C)c([N+](=O)[O-])c2)CC1.Cl. The Labute approximate surface area is 153 Å². The molecule has 1 fully saturated rings. The van der Waals surface area contributed by atoms with Crippen LogP contribution in [0.2, 0.25) is 0 Å². The van der Waals surface area contributed by atoms with E-state index in [9.17, 15) is 22.9 Å². The molecule has 0 atom stereocenters. The van der Waals surface area contributed by atoms with Crippen LogP contribution in [0.1, 0.15) is 25.3 Å². The number of hydrogen-bond donors (Lipinski definition) is 1. The van der Waals surface area contributed by atoms with Crippen molar-refractivity contribution in [1.82, 2.24) is 9.62 Å². The van der Waals surface area contributed by atoms with E-state index < -0.39 is 26.5 Å². The van der Waals surface area contributed by atoms with Crippen LogP contribution in [0, 0.1) is 28.8 Å². The van der Waals surface area contributed by atoms with Crippen LogP contribution >= 0.6 is 12.4 Å². The summed E-state index contributed by atoms with van der Waals surface area (Å²) in [6.45, 7) is 5.65. The lowest BCUT2D eigenvalue weighted by molar-refractivity contribution is -0.385. The number of sulfonamides is 1. The number of benzene rings is 1. The second kappa shape index (κ2) is 8.88. The molecular formula is C15H23ClFN3O4S. The number of nitro groups is 1. The van der Waals surface area contributed by atoms with Crippen LogP contribution in [0.3, 0.4) is 0 Å². The molecule has 1 aliphatic rings. The first kappa shape index (κ1) is 21.8. The van der Waals surface area contributed by atoms with Gasteiger partial charge in [-0.05, 0) is 44.8 Å². The highest BCUT2D eigenvalue weighted by Gasteiger charge is 2.31. The van der Waals surface area contributed by atoms with Crippen LogP contribution in [0.25, 0.3) is 0 Å². The third-order valence-corrected chi connectivity index (χ3v) is 6.26. The molecule has 142 valence electrons. The molecule has 0 saturated carbocycles. The van der Waals surface area contributed by atoms with Crippen molar-refractivity contribution in [1.29, 1.82) is 0 Å². The normalized spacial score (nSPS) is 16.4. The van der Waals surface area contributed by atoms with E-state index in [-0.39, 0.29) is 22.9 Å². The highest BCUT2D eigenvalue weighted by Crippen LogP contribution is 2.29. The lowest BCUT2D eigenvalue weighted by Crippen LogP contribution is -2.40. The van der Waals surface area contributed by atoms with Crippen molar-refractivity contribution in [2.45, 2.75) is 31.6 Å². The molecule has 1 aromatic rings. The Morgan fingerprint density at radius 2 is 1.96 bits per heavy atom. The van der Waals surface area contributed by atoms with Crippen LogP contribution in [0.4, 0.5) is 10.1 Å². The van der Waals surface area contributed by atoms with Gasteiger partial charge in [-0.1, -0.05) is 6.92 Å². The molecule has 0 aromatic heterocycles. The van der Waals surface area contributed by atoms with Gasteiger partial charge in [-0.15, -0.1) is 12.4 Å². The van der Waals surface area contributed by atoms with E-state index in [0.29, 0.717) is 31.8 Å². The summed E-state index contributed by atoms with van der Waals surface area (Å²) in [5, 5.41) is 14.2. The largest absolute Gasteiger partial charge is 0.317 e. The summed E-state index contributed by atoms with van der Waals surface area (Å²) >= 11 is 0. The zero-order valence-electron chi connectivity index (χ0n) is 14.2. The van der Waals surface area contributed by atoms with E-state index in [0.717, 1.165) is 25.2 Å². The van der Waals surface area contributed by atoms with Crippen molar-refractivity contribution in [3.8, 4) is 0 Å². The van der Waals surface area contributed by atoms with Crippen LogP contribution in [-0.4, -0.2) is 43.8 Å². The Morgan fingerprint density at radius 1 is 1.36 bits per heavy atom. The van der Waals surface area contributed by atoms with E-state index >= 15 is 0 Å². The monoisotopic (exact) mass is 395 g/mol. The number of halogens is 2. The van der Waals surface area contributed by atoms with Crippen molar-refractivity contribution in [3.63, 3.8) is 0 Å². The molecule has 1 saturated heterocycles. The van der Waals surface area contributed by atoms with Gasteiger partial charge in [0.2, 0.25) is 10.0 Å². The molecule has 0 unspecified atom stereocenters. The number of nitro benzene ring substituents is 1. The number of nitrogens with one attached hydrogen (secondary N) is 1. The second-order valence-electron chi connectivity index (χ2n) is 5.96. The molecule has 7 nitrogen and oxygen atoms in total. The van der Waals surface area contributed by atoms with Gasteiger partial charge in [0.25, 0.3) is 5.69 Å². The summed E-state index contributed by atoms with van der Waals surface area (Å²) in [5.74, 6) is -0.481. The topological polar surface area (TPSA) is 92.6 Å². The Bertz CT molecular complexity index is 722. The van der Waals surface area contributed by atoms with Gasteiger partial charge in [0, 0.05) is 19.2 Å². The Morgan fingerprint density at radius 3 is 2.48 bits per heavy atom. The van der Waals surface area contributed by atoms with Crippen LogP contribution in [0.15, 0.2) is 17.0 Å². The fourth-order valence-corrected chi connectivity index (χ4v) is 4.33. The van der Waals surface area contributed by atoms with Gasteiger partial charge in [-0.3, -0.25) is 10.1 Å². The molecular weight excluding hydrogens is 373 g/mol. The maximum absolute atomic E-state index is 13.9. The fraction of sp³-hybridized carbons (Fsp3) is 0.600. The Kier molecular flexibility index (Phi) is 7.73. The molecule has 10 heteroatoms. The maximum Gasteiger partial charge on any atom is 0.276 e. The number of piperidine rings is 1. The van der Waals surface area contributed by atoms with Crippen molar-refractivity contribution < 1.29 is 17.7 Å². The highest BCUT2D eigenvalue weighted by atomic mass is 35.5. The zero-order valence-corrected chi connectivity index (χ0v) is 15.8. The number of nitrogens with zero attached hydrogens (tertiary/aromatic N) is 2. The summed E-state index contributed by atoms with van der Waals surface area (Å²) in [5.41, 5.74) is -0.682. The summed E-state index contributed by atoms with van der Waals surface area (Å²) in [6.07, 6.45) is 1.42. The molecule has 1 heterocycles. The minimum Gasteiger partial charge on any atom is -0.317 e. The van der Waals surface area contributed by atoms with Gasteiger partial charge >= 0.3 is 0 Å². The minimum absolute atomic E-state index is 0. The van der Waals surface area contributed by atoms with E-state index in [4.69, 9.17) is 0 Å². The molecule has 0 aliphatic carbocycles. The quantitative estimate of drug-likeness (QED) is 0.590. The van der Waals surface area contributed by atoms with Gasteiger partial charge in [0.05, 0.1) is 15.4 Å². The van der Waals surface area contributed by atoms with Gasteiger partial charge < -0.3 is 5.32 Å². The first-order valence-corrected chi connectivity index (χ1v) is 9.36. The first-order valence-electron chi connectivity index (χ1n) is 7.92. The van der Waals surface area contributed by atoms with Crippen molar-refractivity contribution in [2.24, 2.45) is 5.92 Å². The smallest absolute Gasteiger partial charge is 0.276 e. The molecule has 0 radical (unpaired) electrons. The third kappa shape index (κ3) is 4.87. The average Bonchev–Trinajstić information content (AvgIpc) is 2.55. The average molecular weight is 396 g/mol. The lowest BCUT2D eigenvalue weighted by Gasteiger charge is -2.31. The fourth-order valence-electron chi connectivity index (χ4n) is 2.83. The van der Waals surface area contributed by atoms with Crippen LogP contribution in [-0.2, 0) is 10.0 Å². The predicted molar refractivity (Wildman–Crippen MR) is 95.1 cm³/mol. The molecule has 0 spiro atoms. The summed E-state index contributed by atoms with van der Waals surface area (Å²) in [7, 11) is -3.93. The second-order valence-corrected chi connectivity index (χ2v) is 7.90. The van der Waals surface area contributed by atoms with Crippen molar-refractivity contribution in [3.05, 3.63) is 33.6 Å². The molecule has 25 heavy (non-hydrogen) atoms. The van der Waals surface area contributed by atoms with Gasteiger partial charge in [0.15, 0.2) is 0 Å². The summed E-state index contributed by atoms with van der Waals surface area (Å²) < 4.78 is 40.5. The summed E-state index contributed by atoms with van der Waals surface area (Å²) in [4.78, 5) is 9.87. The predicted octanol–water partition coefficient (Wildman–Crippen LogP) is 2.47. The maximum atomic E-state index is 13.9. The van der Waals surface area contributed by atoms with E-state index in [1.54, 1.807) is 0 Å². The number of hydrogen-bond acceptors (Lipinski definition) is 5. The van der Waals surface area contributed by atoms with E-state index in [2.05, 4.69) is 5.32 Å². The van der Waals surface area contributed by atoms with Gasteiger partial charge in [0.1, 0.15) is 5.82 Å². The molecule has 0 amide bonds. The Hall–Kier alpha value is -1.29. The summed E-state index contributed by atoms with van der Waals surface area (Å²) in [6, 6.07) is 1.81. The van der Waals surface area contributed by atoms with Crippen molar-refractivity contribution >= 4 is 28.1 Å². The third-order valence-electron chi connectivity index (χ3n) is 4.38. The molecule has 1 aromatic carbocycles. The highest BCUT2D eigenvalue weighted by molar-refractivity contribution is 7.89. The van der Waals surface area contributed by atoms with Crippen molar-refractivity contribution in [2.75, 3.05) is 26.2 Å². The number of rotatable bonds is 6. The van der Waals surface area contributed by atoms with Gasteiger partial charge in [-0.25, -0.2) is 12.8 Å². The Balaban J connectivity index is 0.00000312. The van der Waals surface area contributed by atoms with Gasteiger partial charge in [-0.2, -0.15) is 4.31 Å². The van der Waals surface area contributed by atoms with E-state index in [1.165, 1.54) is 11.2 Å². The minimum atomic E-state index is -3.93. The molecule has 0 bridgehead atoms. The van der Waals surface area contributed by atoms with Crippen LogP contribution in [0.5, 0.6) is 0 Å². The van der Waals surface area contributed by atoms with E-state index in [1.807, 2.05) is 6.92 Å². The van der Waals surface area contributed by atoms with Crippen LogP contribution < -0.4 is 5.32 Å². The standard InChI is InChI=1S/C15H22FN3O4S.ClH/c1-3-17-10-12-4-6-18(7-5-12)24(22,23)13-8-14(16)11(2)15(9-13)19(20)21;/h8-9,12,17H,3-7,10H2,1-2H3;1H. The zero-order chi connectivity index (χ0) is 17.9. The molecule has 2 rings (SSSR count). The first-order chi connectivity index (χ1) is 11.3. The lowest BCUT2D eigenvalue weighted by atomic mass is 9.98. The molecule has 1 N–H and O–H groups in total.